The minimum Gasteiger partial charge on any atom is -0.301 e. The van der Waals surface area contributed by atoms with Crippen LogP contribution < -0.4 is 5.32 Å². The number of hydrogen-bond donors (Lipinski definition) is 1. The second-order valence-electron chi connectivity index (χ2n) is 5.65. The molecule has 0 saturated heterocycles. The molecule has 23 heavy (non-hydrogen) atoms. The first kappa shape index (κ1) is 17.6. The predicted octanol–water partition coefficient (Wildman–Crippen LogP) is 3.78. The van der Waals surface area contributed by atoms with E-state index in [0.717, 1.165) is 25.2 Å². The Kier molecular flexibility index (Phi) is 6.30. The summed E-state index contributed by atoms with van der Waals surface area (Å²) in [5.74, 6) is -0.00293. The number of nitrogens with zero attached hydrogens (tertiary/aromatic N) is 2. The maximum absolute atomic E-state index is 12.3. The number of nitrogens with one attached hydrogen (secondary N) is 1. The number of carbonyl (C=O) groups is 1. The first-order chi connectivity index (χ1) is 11.0. The minimum absolute atomic E-state index is 0.00293. The van der Waals surface area contributed by atoms with E-state index < -0.39 is 0 Å². The minimum atomic E-state index is -0.00293. The molecule has 0 aliphatic heterocycles. The summed E-state index contributed by atoms with van der Waals surface area (Å²) in [6.45, 7) is 10.3. The van der Waals surface area contributed by atoms with Gasteiger partial charge in [-0.15, -0.1) is 11.3 Å². The molecule has 2 aromatic rings. The van der Waals surface area contributed by atoms with E-state index in [-0.39, 0.29) is 5.91 Å². The smallest absolute Gasteiger partial charge is 0.240 e. The monoisotopic (exact) mass is 331 g/mol. The molecule has 124 valence electrons. The van der Waals surface area contributed by atoms with Crippen LogP contribution in [0.2, 0.25) is 0 Å². The molecule has 0 aliphatic rings. The van der Waals surface area contributed by atoms with E-state index in [9.17, 15) is 4.79 Å². The van der Waals surface area contributed by atoms with Crippen molar-refractivity contribution in [3.05, 3.63) is 46.0 Å². The van der Waals surface area contributed by atoms with Crippen molar-refractivity contribution < 1.29 is 4.79 Å². The molecule has 0 saturated carbocycles. The van der Waals surface area contributed by atoms with Crippen LogP contribution >= 0.6 is 11.3 Å². The Bertz CT molecular complexity index is 666. The maximum Gasteiger partial charge on any atom is 0.240 e. The number of likely N-dealkylation sites (N-methyl/N-ethyl adjacent to an activating group) is 1. The van der Waals surface area contributed by atoms with Gasteiger partial charge in [-0.25, -0.2) is 4.98 Å². The third-order valence-electron chi connectivity index (χ3n) is 3.94. The maximum atomic E-state index is 12.3. The normalized spacial score (nSPS) is 11.0. The molecule has 2 rings (SSSR count). The summed E-state index contributed by atoms with van der Waals surface area (Å²) < 4.78 is 0. The molecular formula is C18H25N3OS. The molecule has 0 unspecified atom stereocenters. The number of aromatic nitrogens is 1. The van der Waals surface area contributed by atoms with E-state index in [1.807, 2.05) is 19.1 Å². The fraction of sp³-hybridized carbons (Fsp3) is 0.444. The van der Waals surface area contributed by atoms with Crippen molar-refractivity contribution in [2.24, 2.45) is 0 Å². The Labute approximate surface area is 142 Å². The fourth-order valence-electron chi connectivity index (χ4n) is 2.48. The van der Waals surface area contributed by atoms with Crippen LogP contribution in [0.25, 0.3) is 0 Å². The second kappa shape index (κ2) is 8.22. The van der Waals surface area contributed by atoms with Gasteiger partial charge in [0.05, 0.1) is 12.2 Å². The summed E-state index contributed by atoms with van der Waals surface area (Å²) >= 11 is 1.55. The third kappa shape index (κ3) is 4.88. The highest BCUT2D eigenvalue weighted by atomic mass is 32.1. The molecule has 0 radical (unpaired) electrons. The SMILES string of the molecule is CCc1nc(NC(=O)CN(CC)Cc2ccccc2C)sc1C. The van der Waals surface area contributed by atoms with Gasteiger partial charge in [-0.05, 0) is 37.9 Å². The summed E-state index contributed by atoms with van der Waals surface area (Å²) in [4.78, 5) is 20.1. The van der Waals surface area contributed by atoms with Gasteiger partial charge >= 0.3 is 0 Å². The van der Waals surface area contributed by atoms with Crippen LogP contribution in [0.5, 0.6) is 0 Å². The first-order valence-corrected chi connectivity index (χ1v) is 8.88. The quantitative estimate of drug-likeness (QED) is 0.840. The zero-order chi connectivity index (χ0) is 16.8. The molecule has 1 amide bonds. The summed E-state index contributed by atoms with van der Waals surface area (Å²) in [6, 6.07) is 8.31. The van der Waals surface area contributed by atoms with E-state index in [4.69, 9.17) is 0 Å². The van der Waals surface area contributed by atoms with Gasteiger partial charge in [-0.2, -0.15) is 0 Å². The zero-order valence-electron chi connectivity index (χ0n) is 14.3. The number of benzene rings is 1. The number of anilines is 1. The number of hydrogen-bond acceptors (Lipinski definition) is 4. The highest BCUT2D eigenvalue weighted by molar-refractivity contribution is 7.15. The van der Waals surface area contributed by atoms with Crippen LogP contribution in [0.1, 0.15) is 35.5 Å². The molecule has 0 spiro atoms. The lowest BCUT2D eigenvalue weighted by Crippen LogP contribution is -2.32. The van der Waals surface area contributed by atoms with Crippen molar-refractivity contribution >= 4 is 22.4 Å². The van der Waals surface area contributed by atoms with Gasteiger partial charge in [0, 0.05) is 11.4 Å². The highest BCUT2D eigenvalue weighted by Crippen LogP contribution is 2.22. The third-order valence-corrected chi connectivity index (χ3v) is 4.87. The predicted molar refractivity (Wildman–Crippen MR) is 97.0 cm³/mol. The molecule has 1 aromatic carbocycles. The first-order valence-electron chi connectivity index (χ1n) is 8.06. The van der Waals surface area contributed by atoms with Crippen molar-refractivity contribution in [2.45, 2.75) is 40.7 Å². The van der Waals surface area contributed by atoms with Crippen molar-refractivity contribution in [3.8, 4) is 0 Å². The van der Waals surface area contributed by atoms with Crippen molar-refractivity contribution in [1.82, 2.24) is 9.88 Å². The Morgan fingerprint density at radius 2 is 2.00 bits per heavy atom. The summed E-state index contributed by atoms with van der Waals surface area (Å²) in [7, 11) is 0. The molecule has 1 aromatic heterocycles. The van der Waals surface area contributed by atoms with Crippen molar-refractivity contribution in [1.29, 1.82) is 0 Å². The van der Waals surface area contributed by atoms with E-state index >= 15 is 0 Å². The van der Waals surface area contributed by atoms with Crippen LogP contribution in [-0.2, 0) is 17.8 Å². The molecule has 0 aliphatic carbocycles. The van der Waals surface area contributed by atoms with Crippen LogP contribution in [0.15, 0.2) is 24.3 Å². The Morgan fingerprint density at radius 1 is 1.26 bits per heavy atom. The summed E-state index contributed by atoms with van der Waals surface area (Å²) in [5.41, 5.74) is 3.59. The lowest BCUT2D eigenvalue weighted by atomic mass is 10.1. The molecule has 0 bridgehead atoms. The zero-order valence-corrected chi connectivity index (χ0v) is 15.2. The summed E-state index contributed by atoms with van der Waals surface area (Å²) in [5, 5.41) is 3.63. The highest BCUT2D eigenvalue weighted by Gasteiger charge is 2.13. The van der Waals surface area contributed by atoms with Gasteiger partial charge in [0.1, 0.15) is 0 Å². The van der Waals surface area contributed by atoms with Crippen molar-refractivity contribution in [2.75, 3.05) is 18.4 Å². The molecule has 0 fully saturated rings. The van der Waals surface area contributed by atoms with E-state index in [2.05, 4.69) is 48.1 Å². The molecule has 0 atom stereocenters. The Balaban J connectivity index is 1.95. The standard InChI is InChI=1S/C18H25N3OS/c1-5-16-14(4)23-18(19-16)20-17(22)12-21(6-2)11-15-10-8-7-9-13(15)3/h7-10H,5-6,11-12H2,1-4H3,(H,19,20,22). The number of amides is 1. The lowest BCUT2D eigenvalue weighted by molar-refractivity contribution is -0.117. The topological polar surface area (TPSA) is 45.2 Å². The lowest BCUT2D eigenvalue weighted by Gasteiger charge is -2.20. The Morgan fingerprint density at radius 3 is 2.61 bits per heavy atom. The van der Waals surface area contributed by atoms with Gasteiger partial charge < -0.3 is 5.32 Å². The van der Waals surface area contributed by atoms with Crippen LogP contribution in [-0.4, -0.2) is 28.9 Å². The largest absolute Gasteiger partial charge is 0.301 e. The van der Waals surface area contributed by atoms with Crippen LogP contribution in [0.3, 0.4) is 0 Å². The summed E-state index contributed by atoms with van der Waals surface area (Å²) in [6.07, 6.45) is 0.895. The number of carbonyl (C=O) groups excluding carboxylic acids is 1. The van der Waals surface area contributed by atoms with Gasteiger partial charge in [0.2, 0.25) is 5.91 Å². The van der Waals surface area contributed by atoms with Crippen molar-refractivity contribution in [3.63, 3.8) is 0 Å². The number of aryl methyl sites for hydroxylation is 3. The van der Waals surface area contributed by atoms with Crippen LogP contribution in [0, 0.1) is 13.8 Å². The number of thiazole rings is 1. The van der Waals surface area contributed by atoms with Gasteiger partial charge in [-0.1, -0.05) is 38.1 Å². The molecular weight excluding hydrogens is 306 g/mol. The second-order valence-corrected chi connectivity index (χ2v) is 6.86. The molecule has 4 nitrogen and oxygen atoms in total. The average molecular weight is 331 g/mol. The number of rotatable bonds is 7. The van der Waals surface area contributed by atoms with E-state index in [0.29, 0.717) is 11.7 Å². The van der Waals surface area contributed by atoms with Gasteiger partial charge in [-0.3, -0.25) is 9.69 Å². The van der Waals surface area contributed by atoms with E-state index in [1.54, 1.807) is 11.3 Å². The fourth-order valence-corrected chi connectivity index (χ4v) is 3.40. The van der Waals surface area contributed by atoms with Gasteiger partial charge in [0.25, 0.3) is 0 Å². The van der Waals surface area contributed by atoms with Crippen LogP contribution in [0.4, 0.5) is 5.13 Å². The Hall–Kier alpha value is -1.72. The van der Waals surface area contributed by atoms with Gasteiger partial charge in [0.15, 0.2) is 5.13 Å². The molecule has 1 heterocycles. The average Bonchev–Trinajstić information content (AvgIpc) is 2.88. The molecule has 1 N–H and O–H groups in total. The molecule has 5 heteroatoms. The van der Waals surface area contributed by atoms with E-state index in [1.165, 1.54) is 16.0 Å².